The van der Waals surface area contributed by atoms with Gasteiger partial charge < -0.3 is 0 Å². The van der Waals surface area contributed by atoms with E-state index in [-0.39, 0.29) is 0 Å². The first-order valence-electron chi connectivity index (χ1n) is 6.29. The normalized spacial score (nSPS) is 21.4. The fourth-order valence-electron chi connectivity index (χ4n) is 2.61. The van der Waals surface area contributed by atoms with Crippen LogP contribution in [-0.2, 0) is 13.6 Å². The molecule has 0 aromatic carbocycles. The second kappa shape index (κ2) is 4.93. The number of likely N-dealkylation sites (tertiary alicyclic amines) is 1. The molecule has 92 valence electrons. The lowest BCUT2D eigenvalue weighted by Gasteiger charge is -2.30. The lowest BCUT2D eigenvalue weighted by molar-refractivity contribution is 0.192. The lowest BCUT2D eigenvalue weighted by atomic mass is 9.98. The Morgan fingerprint density at radius 1 is 1.47 bits per heavy atom. The fourth-order valence-corrected chi connectivity index (χ4v) is 2.61. The first-order valence-corrected chi connectivity index (χ1v) is 6.29. The van der Waals surface area contributed by atoms with Crippen molar-refractivity contribution in [2.75, 3.05) is 13.1 Å². The predicted octanol–water partition coefficient (Wildman–Crippen LogP) is 1.88. The molecular weight excluding hydrogens is 210 g/mol. The number of terminal acetylenes is 1. The van der Waals surface area contributed by atoms with Crippen molar-refractivity contribution < 1.29 is 0 Å². The fraction of sp³-hybridized carbons (Fsp3) is 0.643. The maximum Gasteiger partial charge on any atom is 0.0641 e. The summed E-state index contributed by atoms with van der Waals surface area (Å²) in [6.45, 7) is 7.41. The molecule has 0 N–H and O–H groups in total. The first-order chi connectivity index (χ1) is 8.11. The van der Waals surface area contributed by atoms with Gasteiger partial charge in [0.15, 0.2) is 0 Å². The van der Waals surface area contributed by atoms with Gasteiger partial charge >= 0.3 is 0 Å². The Kier molecular flexibility index (Phi) is 3.54. The van der Waals surface area contributed by atoms with Crippen LogP contribution in [0.3, 0.4) is 0 Å². The minimum absolute atomic E-state index is 0.432. The van der Waals surface area contributed by atoms with Crippen LogP contribution in [0.5, 0.6) is 0 Å². The van der Waals surface area contributed by atoms with E-state index in [0.29, 0.717) is 5.92 Å². The van der Waals surface area contributed by atoms with Crippen LogP contribution in [0.4, 0.5) is 0 Å². The number of hydrogen-bond donors (Lipinski definition) is 0. The smallest absolute Gasteiger partial charge is 0.0641 e. The molecule has 0 spiro atoms. The van der Waals surface area contributed by atoms with Gasteiger partial charge in [0.2, 0.25) is 0 Å². The van der Waals surface area contributed by atoms with Gasteiger partial charge in [-0.3, -0.25) is 9.58 Å². The molecular formula is C14H21N3. The average Bonchev–Trinajstić information content (AvgIpc) is 2.56. The Bertz CT molecular complexity index is 439. The molecule has 1 aliphatic heterocycles. The van der Waals surface area contributed by atoms with E-state index in [0.717, 1.165) is 25.3 Å². The van der Waals surface area contributed by atoms with Crippen LogP contribution in [0.15, 0.2) is 0 Å². The predicted molar refractivity (Wildman–Crippen MR) is 69.5 cm³/mol. The monoisotopic (exact) mass is 231 g/mol. The number of aryl methyl sites for hydroxylation is 2. The van der Waals surface area contributed by atoms with E-state index in [1.54, 1.807) is 0 Å². The lowest BCUT2D eigenvalue weighted by Crippen LogP contribution is -2.34. The maximum atomic E-state index is 5.53. The van der Waals surface area contributed by atoms with E-state index in [4.69, 9.17) is 6.42 Å². The van der Waals surface area contributed by atoms with E-state index < -0.39 is 0 Å². The standard InChI is InChI=1S/C14H21N3/c1-5-13-7-6-8-17(9-13)10-14-11(2)15-16(4)12(14)3/h1,13H,6-10H2,2-4H3. The third kappa shape index (κ3) is 2.53. The minimum Gasteiger partial charge on any atom is -0.298 e. The van der Waals surface area contributed by atoms with Crippen molar-refractivity contribution >= 4 is 0 Å². The van der Waals surface area contributed by atoms with Gasteiger partial charge in [0.25, 0.3) is 0 Å². The number of rotatable bonds is 2. The second-order valence-electron chi connectivity index (χ2n) is 5.01. The first kappa shape index (κ1) is 12.2. The van der Waals surface area contributed by atoms with Gasteiger partial charge in [0, 0.05) is 37.3 Å². The topological polar surface area (TPSA) is 21.1 Å². The van der Waals surface area contributed by atoms with Crippen molar-refractivity contribution in [2.24, 2.45) is 13.0 Å². The Labute approximate surface area is 104 Å². The molecule has 17 heavy (non-hydrogen) atoms. The van der Waals surface area contributed by atoms with E-state index in [1.165, 1.54) is 24.1 Å². The molecule has 0 saturated carbocycles. The van der Waals surface area contributed by atoms with Gasteiger partial charge in [-0.15, -0.1) is 12.3 Å². The SMILES string of the molecule is C#CC1CCCN(Cc2c(C)nn(C)c2C)C1. The van der Waals surface area contributed by atoms with Crippen molar-refractivity contribution in [2.45, 2.75) is 33.2 Å². The van der Waals surface area contributed by atoms with Crippen LogP contribution in [0.25, 0.3) is 0 Å². The second-order valence-corrected chi connectivity index (χ2v) is 5.01. The van der Waals surface area contributed by atoms with Crippen LogP contribution in [0.1, 0.15) is 29.8 Å². The molecule has 2 rings (SSSR count). The molecule has 2 heterocycles. The van der Waals surface area contributed by atoms with Gasteiger partial charge in [0.05, 0.1) is 5.69 Å². The van der Waals surface area contributed by atoms with Crippen molar-refractivity contribution in [1.29, 1.82) is 0 Å². The zero-order valence-electron chi connectivity index (χ0n) is 11.0. The summed E-state index contributed by atoms with van der Waals surface area (Å²) in [5.74, 6) is 3.32. The highest BCUT2D eigenvalue weighted by atomic mass is 15.3. The third-order valence-corrected chi connectivity index (χ3v) is 3.78. The van der Waals surface area contributed by atoms with Crippen LogP contribution < -0.4 is 0 Å². The Balaban J connectivity index is 2.08. The Morgan fingerprint density at radius 3 is 2.82 bits per heavy atom. The van der Waals surface area contributed by atoms with Gasteiger partial charge in [-0.2, -0.15) is 5.10 Å². The van der Waals surface area contributed by atoms with Crippen LogP contribution >= 0.6 is 0 Å². The molecule has 3 heteroatoms. The zero-order valence-corrected chi connectivity index (χ0v) is 11.0. The van der Waals surface area contributed by atoms with Crippen molar-refractivity contribution in [3.8, 4) is 12.3 Å². The largest absolute Gasteiger partial charge is 0.298 e. The summed E-state index contributed by atoms with van der Waals surface area (Å²) in [7, 11) is 2.01. The molecule has 1 unspecified atom stereocenters. The molecule has 1 atom stereocenters. The molecule has 1 fully saturated rings. The van der Waals surface area contributed by atoms with Gasteiger partial charge in [-0.25, -0.2) is 0 Å². The van der Waals surface area contributed by atoms with E-state index in [9.17, 15) is 0 Å². The summed E-state index contributed by atoms with van der Waals surface area (Å²) in [5.41, 5.74) is 3.78. The molecule has 3 nitrogen and oxygen atoms in total. The molecule has 1 saturated heterocycles. The molecule has 1 aromatic heterocycles. The van der Waals surface area contributed by atoms with Crippen LogP contribution in [0.2, 0.25) is 0 Å². The number of hydrogen-bond acceptors (Lipinski definition) is 2. The highest BCUT2D eigenvalue weighted by Crippen LogP contribution is 2.20. The number of piperidine rings is 1. The quantitative estimate of drug-likeness (QED) is 0.725. The van der Waals surface area contributed by atoms with Crippen molar-refractivity contribution in [1.82, 2.24) is 14.7 Å². The summed E-state index contributed by atoms with van der Waals surface area (Å²) in [4.78, 5) is 2.46. The van der Waals surface area contributed by atoms with Gasteiger partial charge in [-0.1, -0.05) is 0 Å². The summed E-state index contributed by atoms with van der Waals surface area (Å²) in [6, 6.07) is 0. The van der Waals surface area contributed by atoms with E-state index in [1.807, 2.05) is 11.7 Å². The molecule has 1 aliphatic rings. The Morgan fingerprint density at radius 2 is 2.24 bits per heavy atom. The average molecular weight is 231 g/mol. The summed E-state index contributed by atoms with van der Waals surface area (Å²) in [5, 5.41) is 4.46. The number of nitrogens with zero attached hydrogens (tertiary/aromatic N) is 3. The summed E-state index contributed by atoms with van der Waals surface area (Å²) in [6.07, 6.45) is 7.92. The van der Waals surface area contributed by atoms with Gasteiger partial charge in [0.1, 0.15) is 0 Å². The maximum absolute atomic E-state index is 5.53. The molecule has 0 amide bonds. The van der Waals surface area contributed by atoms with Crippen molar-refractivity contribution in [3.63, 3.8) is 0 Å². The third-order valence-electron chi connectivity index (χ3n) is 3.78. The number of aromatic nitrogens is 2. The Hall–Kier alpha value is -1.27. The van der Waals surface area contributed by atoms with Crippen molar-refractivity contribution in [3.05, 3.63) is 17.0 Å². The summed E-state index contributed by atoms with van der Waals surface area (Å²) < 4.78 is 1.97. The minimum atomic E-state index is 0.432. The summed E-state index contributed by atoms with van der Waals surface area (Å²) >= 11 is 0. The molecule has 0 radical (unpaired) electrons. The van der Waals surface area contributed by atoms with E-state index in [2.05, 4.69) is 29.8 Å². The highest BCUT2D eigenvalue weighted by molar-refractivity contribution is 5.24. The zero-order chi connectivity index (χ0) is 12.4. The molecule has 0 aliphatic carbocycles. The van der Waals surface area contributed by atoms with E-state index >= 15 is 0 Å². The molecule has 1 aromatic rings. The van der Waals surface area contributed by atoms with Gasteiger partial charge in [-0.05, 0) is 33.2 Å². The van der Waals surface area contributed by atoms with Crippen LogP contribution in [0, 0.1) is 32.1 Å². The highest BCUT2D eigenvalue weighted by Gasteiger charge is 2.20. The molecule has 0 bridgehead atoms. The van der Waals surface area contributed by atoms with Crippen LogP contribution in [-0.4, -0.2) is 27.8 Å².